The number of hydrogen-bond donors (Lipinski definition) is 1. The Morgan fingerprint density at radius 1 is 1.33 bits per heavy atom. The fourth-order valence-corrected chi connectivity index (χ4v) is 0.914. The van der Waals surface area contributed by atoms with Crippen LogP contribution in [0.15, 0.2) is 0 Å². The predicted molar refractivity (Wildman–Crippen MR) is 53.9 cm³/mol. The minimum atomic E-state index is 0.632. The van der Waals surface area contributed by atoms with Crippen LogP contribution in [0.1, 0.15) is 20.3 Å². The molecule has 74 valence electrons. The lowest BCUT2D eigenvalue weighted by Gasteiger charge is -2.07. The Balaban J connectivity index is 2.82. The second-order valence-electron chi connectivity index (χ2n) is 3.26. The molecule has 0 aromatic carbocycles. The highest BCUT2D eigenvalue weighted by molar-refractivity contribution is 6.17. The number of halogens is 1. The molecular weight excluding hydrogens is 174 g/mol. The molecule has 0 aliphatic heterocycles. The van der Waals surface area contributed by atoms with Gasteiger partial charge in [-0.05, 0) is 18.9 Å². The van der Waals surface area contributed by atoms with Gasteiger partial charge in [0.05, 0.1) is 6.61 Å². The smallest absolute Gasteiger partial charge is 0.0591 e. The van der Waals surface area contributed by atoms with E-state index in [9.17, 15) is 0 Å². The Bertz CT molecular complexity index is 88.6. The van der Waals surface area contributed by atoms with E-state index in [1.807, 2.05) is 0 Å². The molecule has 0 unspecified atom stereocenters. The first kappa shape index (κ1) is 12.2. The van der Waals surface area contributed by atoms with Crippen molar-refractivity contribution in [2.24, 2.45) is 5.92 Å². The maximum absolute atomic E-state index is 5.51. The van der Waals surface area contributed by atoms with Crippen molar-refractivity contribution in [3.63, 3.8) is 0 Å². The van der Waals surface area contributed by atoms with Crippen LogP contribution >= 0.6 is 11.6 Å². The van der Waals surface area contributed by atoms with E-state index in [-0.39, 0.29) is 0 Å². The molecule has 0 heterocycles. The maximum Gasteiger partial charge on any atom is 0.0591 e. The highest BCUT2D eigenvalue weighted by Crippen LogP contribution is 1.90. The van der Waals surface area contributed by atoms with Crippen molar-refractivity contribution >= 4 is 11.6 Å². The summed E-state index contributed by atoms with van der Waals surface area (Å²) in [6, 6.07) is 0. The topological polar surface area (TPSA) is 21.3 Å². The molecule has 3 heteroatoms. The summed E-state index contributed by atoms with van der Waals surface area (Å²) in [6.45, 7) is 7.90. The number of hydrogen-bond acceptors (Lipinski definition) is 2. The second kappa shape index (κ2) is 9.30. The maximum atomic E-state index is 5.51. The van der Waals surface area contributed by atoms with Gasteiger partial charge in [0.1, 0.15) is 0 Å². The third kappa shape index (κ3) is 10.2. The fourth-order valence-electron chi connectivity index (χ4n) is 0.780. The van der Waals surface area contributed by atoms with Gasteiger partial charge < -0.3 is 10.1 Å². The molecule has 0 rings (SSSR count). The van der Waals surface area contributed by atoms with E-state index >= 15 is 0 Å². The summed E-state index contributed by atoms with van der Waals surface area (Å²) in [7, 11) is 0. The van der Waals surface area contributed by atoms with E-state index < -0.39 is 0 Å². The predicted octanol–water partition coefficient (Wildman–Crippen LogP) is 1.88. The zero-order chi connectivity index (χ0) is 9.23. The highest BCUT2D eigenvalue weighted by atomic mass is 35.5. The van der Waals surface area contributed by atoms with Crippen molar-refractivity contribution in [2.75, 3.05) is 32.2 Å². The lowest BCUT2D eigenvalue weighted by atomic mass is 10.2. The van der Waals surface area contributed by atoms with Crippen molar-refractivity contribution < 1.29 is 4.74 Å². The lowest BCUT2D eigenvalue weighted by molar-refractivity contribution is 0.112. The van der Waals surface area contributed by atoms with Gasteiger partial charge in [0.2, 0.25) is 0 Å². The van der Waals surface area contributed by atoms with Crippen LogP contribution in [0.4, 0.5) is 0 Å². The van der Waals surface area contributed by atoms with Gasteiger partial charge in [0.15, 0.2) is 0 Å². The molecule has 0 atom stereocenters. The molecule has 0 spiro atoms. The number of ether oxygens (including phenoxy) is 1. The molecule has 0 aromatic heterocycles. The van der Waals surface area contributed by atoms with Gasteiger partial charge in [-0.15, -0.1) is 11.6 Å². The summed E-state index contributed by atoms with van der Waals surface area (Å²) in [4.78, 5) is 0. The molecular formula is C9H20ClNO. The summed E-state index contributed by atoms with van der Waals surface area (Å²) in [5.41, 5.74) is 0. The van der Waals surface area contributed by atoms with Gasteiger partial charge >= 0.3 is 0 Å². The van der Waals surface area contributed by atoms with Gasteiger partial charge in [0.25, 0.3) is 0 Å². The highest BCUT2D eigenvalue weighted by Gasteiger charge is 1.92. The first-order chi connectivity index (χ1) is 5.77. The first-order valence-electron chi connectivity index (χ1n) is 4.61. The van der Waals surface area contributed by atoms with E-state index in [1.54, 1.807) is 0 Å². The summed E-state index contributed by atoms with van der Waals surface area (Å²) in [5.74, 6) is 1.37. The van der Waals surface area contributed by atoms with Crippen LogP contribution in [0, 0.1) is 5.92 Å². The quantitative estimate of drug-likeness (QED) is 0.470. The number of nitrogens with one attached hydrogen (secondary N) is 1. The Morgan fingerprint density at radius 2 is 2.08 bits per heavy atom. The van der Waals surface area contributed by atoms with Crippen LogP contribution in [-0.4, -0.2) is 32.2 Å². The molecule has 1 N–H and O–H groups in total. The summed E-state index contributed by atoms with van der Waals surface area (Å²) < 4.78 is 5.38. The van der Waals surface area contributed by atoms with Crippen LogP contribution in [0.25, 0.3) is 0 Å². The standard InChI is InChI=1S/C9H20ClNO/c1-9(2)8-12-7-6-11-5-3-4-10/h9,11H,3-8H2,1-2H3. The van der Waals surface area contributed by atoms with Crippen LogP contribution in [0.3, 0.4) is 0 Å². The van der Waals surface area contributed by atoms with Crippen LogP contribution in [0.2, 0.25) is 0 Å². The molecule has 0 fully saturated rings. The minimum absolute atomic E-state index is 0.632. The van der Waals surface area contributed by atoms with Gasteiger partial charge in [-0.1, -0.05) is 13.8 Å². The van der Waals surface area contributed by atoms with Crippen molar-refractivity contribution in [1.82, 2.24) is 5.32 Å². The summed E-state index contributed by atoms with van der Waals surface area (Å²) in [6.07, 6.45) is 1.03. The normalized spacial score (nSPS) is 11.0. The number of alkyl halides is 1. The fraction of sp³-hybridized carbons (Fsp3) is 1.00. The molecule has 0 aliphatic rings. The van der Waals surface area contributed by atoms with Crippen molar-refractivity contribution in [2.45, 2.75) is 20.3 Å². The largest absolute Gasteiger partial charge is 0.380 e. The molecule has 0 bridgehead atoms. The van der Waals surface area contributed by atoms with Crippen LogP contribution in [0.5, 0.6) is 0 Å². The van der Waals surface area contributed by atoms with Gasteiger partial charge in [-0.2, -0.15) is 0 Å². The van der Waals surface area contributed by atoms with Gasteiger partial charge in [-0.3, -0.25) is 0 Å². The average Bonchev–Trinajstić information content (AvgIpc) is 2.02. The lowest BCUT2D eigenvalue weighted by Crippen LogP contribution is -2.21. The van der Waals surface area contributed by atoms with Crippen LogP contribution in [-0.2, 0) is 4.74 Å². The zero-order valence-corrected chi connectivity index (χ0v) is 8.86. The van der Waals surface area contributed by atoms with Gasteiger partial charge in [-0.25, -0.2) is 0 Å². The Morgan fingerprint density at radius 3 is 2.67 bits per heavy atom. The first-order valence-corrected chi connectivity index (χ1v) is 5.15. The van der Waals surface area contributed by atoms with E-state index in [4.69, 9.17) is 16.3 Å². The molecule has 0 saturated heterocycles. The van der Waals surface area contributed by atoms with E-state index in [1.165, 1.54) is 0 Å². The van der Waals surface area contributed by atoms with Gasteiger partial charge in [0, 0.05) is 19.0 Å². The molecule has 0 saturated carbocycles. The van der Waals surface area contributed by atoms with Crippen molar-refractivity contribution in [3.05, 3.63) is 0 Å². The Labute approximate surface area is 80.6 Å². The molecule has 2 nitrogen and oxygen atoms in total. The second-order valence-corrected chi connectivity index (χ2v) is 3.64. The molecule has 0 aliphatic carbocycles. The van der Waals surface area contributed by atoms with E-state index in [2.05, 4.69) is 19.2 Å². The van der Waals surface area contributed by atoms with E-state index in [0.29, 0.717) is 5.92 Å². The third-order valence-corrected chi connectivity index (χ3v) is 1.63. The summed E-state index contributed by atoms with van der Waals surface area (Å²) in [5, 5.41) is 3.25. The zero-order valence-electron chi connectivity index (χ0n) is 8.11. The summed E-state index contributed by atoms with van der Waals surface area (Å²) >= 11 is 5.51. The third-order valence-electron chi connectivity index (χ3n) is 1.36. The number of rotatable bonds is 8. The monoisotopic (exact) mass is 193 g/mol. The van der Waals surface area contributed by atoms with Crippen molar-refractivity contribution in [3.8, 4) is 0 Å². The SMILES string of the molecule is CC(C)COCCNCCCCl. The average molecular weight is 194 g/mol. The molecule has 0 aromatic rings. The Kier molecular flexibility index (Phi) is 9.46. The minimum Gasteiger partial charge on any atom is -0.380 e. The van der Waals surface area contributed by atoms with E-state index in [0.717, 1.165) is 38.6 Å². The molecule has 12 heavy (non-hydrogen) atoms. The van der Waals surface area contributed by atoms with Crippen LogP contribution < -0.4 is 5.32 Å². The Hall–Kier alpha value is 0.210. The van der Waals surface area contributed by atoms with Crippen molar-refractivity contribution in [1.29, 1.82) is 0 Å². The molecule has 0 amide bonds. The molecule has 0 radical (unpaired) electrons.